The van der Waals surface area contributed by atoms with E-state index in [4.69, 9.17) is 26.7 Å². The second-order valence-electron chi connectivity index (χ2n) is 5.30. The van der Waals surface area contributed by atoms with Gasteiger partial charge in [0.05, 0.1) is 24.9 Å². The van der Waals surface area contributed by atoms with Crippen LogP contribution in [-0.2, 0) is 0 Å². The molecule has 2 rings (SSSR count). The molecule has 27 heavy (non-hydrogen) atoms. The van der Waals surface area contributed by atoms with Crippen LogP contribution in [0.15, 0.2) is 58.5 Å². The van der Waals surface area contributed by atoms with Crippen LogP contribution in [0.2, 0.25) is 0 Å². The molecule has 0 saturated heterocycles. The Hall–Kier alpha value is -3.75. The lowest BCUT2D eigenvalue weighted by Crippen LogP contribution is -2.28. The van der Waals surface area contributed by atoms with E-state index in [1.165, 1.54) is 0 Å². The van der Waals surface area contributed by atoms with Crippen LogP contribution in [0.5, 0.6) is 11.5 Å². The van der Waals surface area contributed by atoms with Gasteiger partial charge in [0.15, 0.2) is 5.96 Å². The number of nitrogens with two attached hydrogens (primary N) is 3. The normalized spacial score (nSPS) is 10.8. The largest absolute Gasteiger partial charge is 0.497 e. The van der Waals surface area contributed by atoms with Crippen molar-refractivity contribution in [2.24, 2.45) is 27.2 Å². The standard InChI is InChI=1S/C18H22N6O3/c1-26-12-6-8-13(9-7-12)27-11-10-22-16(25)14-4-2-3-5-15(14)23-18(21)24-17(19)20/h2-9H,10-11H2,1H3,(H,22,25)(H6,19,20,21,23,24). The van der Waals surface area contributed by atoms with Crippen molar-refractivity contribution in [3.63, 3.8) is 0 Å². The Balaban J connectivity index is 1.93. The molecule has 9 nitrogen and oxygen atoms in total. The van der Waals surface area contributed by atoms with Gasteiger partial charge in [-0.1, -0.05) is 12.1 Å². The van der Waals surface area contributed by atoms with Crippen LogP contribution in [-0.4, -0.2) is 38.1 Å². The van der Waals surface area contributed by atoms with Gasteiger partial charge in [-0.2, -0.15) is 4.99 Å². The molecule has 9 heteroatoms. The van der Waals surface area contributed by atoms with Crippen LogP contribution < -0.4 is 32.0 Å². The summed E-state index contributed by atoms with van der Waals surface area (Å²) in [7, 11) is 1.60. The van der Waals surface area contributed by atoms with E-state index in [-0.39, 0.29) is 17.8 Å². The van der Waals surface area contributed by atoms with Crippen molar-refractivity contribution in [1.82, 2.24) is 5.32 Å². The van der Waals surface area contributed by atoms with Gasteiger partial charge >= 0.3 is 0 Å². The molecule has 0 aromatic heterocycles. The van der Waals surface area contributed by atoms with Crippen LogP contribution >= 0.6 is 0 Å². The number of para-hydroxylation sites is 1. The highest BCUT2D eigenvalue weighted by atomic mass is 16.5. The first-order chi connectivity index (χ1) is 13.0. The van der Waals surface area contributed by atoms with Gasteiger partial charge in [0.25, 0.3) is 5.91 Å². The number of hydrogen-bond donors (Lipinski definition) is 4. The number of ether oxygens (including phenoxy) is 2. The molecule has 7 N–H and O–H groups in total. The second-order valence-corrected chi connectivity index (χ2v) is 5.30. The van der Waals surface area contributed by atoms with E-state index in [2.05, 4.69) is 15.3 Å². The van der Waals surface area contributed by atoms with E-state index < -0.39 is 0 Å². The smallest absolute Gasteiger partial charge is 0.253 e. The van der Waals surface area contributed by atoms with Crippen molar-refractivity contribution in [3.8, 4) is 11.5 Å². The Bertz CT molecular complexity index is 829. The van der Waals surface area contributed by atoms with Crippen LogP contribution in [0.3, 0.4) is 0 Å². The lowest BCUT2D eigenvalue weighted by molar-refractivity contribution is 0.0947. The third kappa shape index (κ3) is 6.24. The van der Waals surface area contributed by atoms with Gasteiger partial charge in [-0.25, -0.2) is 4.99 Å². The highest BCUT2D eigenvalue weighted by Gasteiger charge is 2.10. The van der Waals surface area contributed by atoms with E-state index in [0.29, 0.717) is 30.2 Å². The first-order valence-electron chi connectivity index (χ1n) is 8.07. The molecule has 0 aliphatic carbocycles. The molecule has 0 fully saturated rings. The molecular formula is C18H22N6O3. The molecule has 0 aliphatic rings. The van der Waals surface area contributed by atoms with E-state index >= 15 is 0 Å². The summed E-state index contributed by atoms with van der Waals surface area (Å²) in [5, 5.41) is 2.76. The van der Waals surface area contributed by atoms with Gasteiger partial charge in [-0.05, 0) is 36.4 Å². The topological polar surface area (TPSA) is 150 Å². The third-order valence-electron chi connectivity index (χ3n) is 3.34. The van der Waals surface area contributed by atoms with Gasteiger partial charge in [0.2, 0.25) is 5.96 Å². The molecule has 0 spiro atoms. The number of rotatable bonds is 7. The summed E-state index contributed by atoms with van der Waals surface area (Å²) in [6.07, 6.45) is 0. The number of guanidine groups is 2. The number of nitrogens with one attached hydrogen (secondary N) is 1. The van der Waals surface area contributed by atoms with E-state index in [1.54, 1.807) is 55.6 Å². The fraction of sp³-hybridized carbons (Fsp3) is 0.167. The van der Waals surface area contributed by atoms with Crippen molar-refractivity contribution < 1.29 is 14.3 Å². The number of amides is 1. The summed E-state index contributed by atoms with van der Waals surface area (Å²) in [5.74, 6) is 0.755. The number of aliphatic imine (C=N–C) groups is 2. The number of hydrogen-bond acceptors (Lipinski definition) is 4. The van der Waals surface area contributed by atoms with Crippen molar-refractivity contribution in [1.29, 1.82) is 0 Å². The van der Waals surface area contributed by atoms with Crippen molar-refractivity contribution in [3.05, 3.63) is 54.1 Å². The van der Waals surface area contributed by atoms with Crippen LogP contribution in [0.4, 0.5) is 5.69 Å². The predicted molar refractivity (Wildman–Crippen MR) is 104 cm³/mol. The quantitative estimate of drug-likeness (QED) is 0.320. The number of carbonyl (C=O) groups excluding carboxylic acids is 1. The Morgan fingerprint density at radius 3 is 2.37 bits per heavy atom. The van der Waals surface area contributed by atoms with Gasteiger partial charge in [-0.3, -0.25) is 4.79 Å². The van der Waals surface area contributed by atoms with Crippen LogP contribution in [0.1, 0.15) is 10.4 Å². The molecular weight excluding hydrogens is 348 g/mol. The summed E-state index contributed by atoms with van der Waals surface area (Å²) in [6.45, 7) is 0.617. The van der Waals surface area contributed by atoms with Gasteiger partial charge < -0.3 is 32.0 Å². The van der Waals surface area contributed by atoms with E-state index in [9.17, 15) is 4.79 Å². The summed E-state index contributed by atoms with van der Waals surface area (Å²) >= 11 is 0. The summed E-state index contributed by atoms with van der Waals surface area (Å²) in [4.78, 5) is 20.1. The molecule has 0 saturated carbocycles. The number of methoxy groups -OCH3 is 1. The van der Waals surface area contributed by atoms with Crippen molar-refractivity contribution >= 4 is 23.5 Å². The van der Waals surface area contributed by atoms with Gasteiger partial charge in [0, 0.05) is 0 Å². The fourth-order valence-electron chi connectivity index (χ4n) is 2.14. The molecule has 0 bridgehead atoms. The summed E-state index contributed by atoms with van der Waals surface area (Å²) in [6, 6.07) is 13.9. The molecule has 142 valence electrons. The highest BCUT2D eigenvalue weighted by molar-refractivity contribution is 6.01. The van der Waals surface area contributed by atoms with Crippen molar-refractivity contribution in [2.45, 2.75) is 0 Å². The number of nitrogens with zero attached hydrogens (tertiary/aromatic N) is 2. The minimum atomic E-state index is -0.315. The highest BCUT2D eigenvalue weighted by Crippen LogP contribution is 2.19. The number of benzene rings is 2. The Morgan fingerprint density at radius 2 is 1.70 bits per heavy atom. The fourth-order valence-corrected chi connectivity index (χ4v) is 2.14. The molecule has 0 aliphatic heterocycles. The molecule has 0 atom stereocenters. The zero-order valence-corrected chi connectivity index (χ0v) is 14.9. The summed E-state index contributed by atoms with van der Waals surface area (Å²) < 4.78 is 10.6. The average molecular weight is 370 g/mol. The Labute approximate surface area is 156 Å². The van der Waals surface area contributed by atoms with Crippen LogP contribution in [0, 0.1) is 0 Å². The molecule has 1 amide bonds. The maximum absolute atomic E-state index is 12.4. The Kier molecular flexibility index (Phi) is 7.00. The lowest BCUT2D eigenvalue weighted by Gasteiger charge is -2.09. The minimum absolute atomic E-state index is 0.141. The first kappa shape index (κ1) is 19.6. The molecule has 0 radical (unpaired) electrons. The maximum Gasteiger partial charge on any atom is 0.253 e. The zero-order valence-electron chi connectivity index (χ0n) is 14.9. The van der Waals surface area contributed by atoms with Crippen LogP contribution in [0.25, 0.3) is 0 Å². The summed E-state index contributed by atoms with van der Waals surface area (Å²) in [5.41, 5.74) is 16.8. The average Bonchev–Trinajstić information content (AvgIpc) is 2.65. The monoisotopic (exact) mass is 370 g/mol. The lowest BCUT2D eigenvalue weighted by atomic mass is 10.1. The van der Waals surface area contributed by atoms with Gasteiger partial charge in [0.1, 0.15) is 18.1 Å². The molecule has 0 unspecified atom stereocenters. The number of carbonyl (C=O) groups is 1. The van der Waals surface area contributed by atoms with Gasteiger partial charge in [-0.15, -0.1) is 0 Å². The predicted octanol–water partition coefficient (Wildman–Crippen LogP) is 0.724. The maximum atomic E-state index is 12.4. The zero-order chi connectivity index (χ0) is 19.6. The van der Waals surface area contributed by atoms with E-state index in [0.717, 1.165) is 5.75 Å². The molecule has 0 heterocycles. The van der Waals surface area contributed by atoms with E-state index in [1.807, 2.05) is 0 Å². The third-order valence-corrected chi connectivity index (χ3v) is 3.34. The SMILES string of the molecule is COc1ccc(OCCNC(=O)c2ccccc2N=C(N)N=C(N)N)cc1. The minimum Gasteiger partial charge on any atom is -0.497 e. The molecule has 2 aromatic rings. The second kappa shape index (κ2) is 9.66. The molecule has 2 aromatic carbocycles. The van der Waals surface area contributed by atoms with Crippen molar-refractivity contribution in [2.75, 3.05) is 20.3 Å². The first-order valence-corrected chi connectivity index (χ1v) is 8.07. The Morgan fingerprint density at radius 1 is 1.04 bits per heavy atom.